The second-order valence-corrected chi connectivity index (χ2v) is 11.4. The summed E-state index contributed by atoms with van der Waals surface area (Å²) in [5.41, 5.74) is 3.15. The summed E-state index contributed by atoms with van der Waals surface area (Å²) in [6.07, 6.45) is 5.17. The van der Waals surface area contributed by atoms with Gasteiger partial charge in [-0.3, -0.25) is 0 Å². The number of carbonyl (C=O) groups excluding carboxylic acids is 1. The van der Waals surface area contributed by atoms with Crippen LogP contribution in [0.2, 0.25) is 5.02 Å². The van der Waals surface area contributed by atoms with Gasteiger partial charge in [0.25, 0.3) is 0 Å². The molecule has 1 aliphatic heterocycles. The van der Waals surface area contributed by atoms with Crippen LogP contribution in [0.1, 0.15) is 70.0 Å². The summed E-state index contributed by atoms with van der Waals surface area (Å²) in [6.45, 7) is 5.88. The molecule has 0 amide bonds. The fraction of sp³-hybridized carbons (Fsp3) is 0.414. The highest BCUT2D eigenvalue weighted by Crippen LogP contribution is 2.39. The lowest BCUT2D eigenvalue weighted by Gasteiger charge is -2.30. The van der Waals surface area contributed by atoms with Gasteiger partial charge in [0, 0.05) is 16.5 Å². The van der Waals surface area contributed by atoms with Crippen LogP contribution < -0.4 is 10.1 Å². The number of rotatable bonds is 8. The predicted octanol–water partition coefficient (Wildman–Crippen LogP) is 7.18. The molecule has 0 saturated heterocycles. The highest BCUT2D eigenvalue weighted by Gasteiger charge is 2.36. The highest BCUT2D eigenvalue weighted by atomic mass is 35.5. The maximum Gasteiger partial charge on any atom is 0.338 e. The topological polar surface area (TPSA) is 78.3 Å². The van der Waals surface area contributed by atoms with Crippen LogP contribution in [0, 0.1) is 0 Å². The molecule has 1 aliphatic carbocycles. The van der Waals surface area contributed by atoms with E-state index < -0.39 is 6.04 Å². The van der Waals surface area contributed by atoms with Gasteiger partial charge in [0.1, 0.15) is 17.9 Å². The minimum absolute atomic E-state index is 0.0287. The smallest absolute Gasteiger partial charge is 0.338 e. The van der Waals surface area contributed by atoms with E-state index in [-0.39, 0.29) is 18.2 Å². The molecule has 5 rings (SSSR count). The Bertz CT molecular complexity index is 1330. The van der Waals surface area contributed by atoms with E-state index in [1.807, 2.05) is 69.3 Å². The van der Waals surface area contributed by atoms with Crippen molar-refractivity contribution in [3.63, 3.8) is 0 Å². The number of carbonyl (C=O) groups is 1. The maximum absolute atomic E-state index is 13.7. The molecule has 1 aromatic heterocycles. The largest absolute Gasteiger partial charge is 0.491 e. The van der Waals surface area contributed by atoms with Gasteiger partial charge in [0.2, 0.25) is 11.1 Å². The molecule has 1 N–H and O–H groups in total. The van der Waals surface area contributed by atoms with E-state index in [9.17, 15) is 4.79 Å². The predicted molar refractivity (Wildman–Crippen MR) is 151 cm³/mol. The molecular weight excluding hydrogens is 520 g/mol. The molecular formula is C29H33ClN4O3S. The number of anilines is 1. The Morgan fingerprint density at radius 2 is 1.95 bits per heavy atom. The quantitative estimate of drug-likeness (QED) is 0.234. The van der Waals surface area contributed by atoms with Crippen molar-refractivity contribution in [3.05, 3.63) is 76.0 Å². The van der Waals surface area contributed by atoms with Crippen molar-refractivity contribution >= 4 is 35.3 Å². The lowest BCUT2D eigenvalue weighted by molar-refractivity contribution is -0.146. The van der Waals surface area contributed by atoms with Crippen LogP contribution in [0.15, 0.2) is 65.0 Å². The lowest BCUT2D eigenvalue weighted by atomic mass is 9.94. The van der Waals surface area contributed by atoms with Crippen LogP contribution in [0.4, 0.5) is 5.95 Å². The molecule has 38 heavy (non-hydrogen) atoms. The van der Waals surface area contributed by atoms with Gasteiger partial charge < -0.3 is 14.8 Å². The van der Waals surface area contributed by atoms with Crippen LogP contribution in [-0.2, 0) is 15.3 Å². The fourth-order valence-corrected chi connectivity index (χ4v) is 6.07. The van der Waals surface area contributed by atoms with Gasteiger partial charge in [-0.15, -0.1) is 5.10 Å². The SMILES string of the molecule is CC1=C(C(=O)OC2CCCCC2)C(c2cccc(OC(C)C)c2)n2nc(SCc3ccccc3Cl)nc2N1. The Morgan fingerprint density at radius 3 is 2.71 bits per heavy atom. The van der Waals surface area contributed by atoms with Crippen LogP contribution in [0.25, 0.3) is 0 Å². The van der Waals surface area contributed by atoms with Gasteiger partial charge in [-0.1, -0.05) is 60.1 Å². The molecule has 2 aliphatic rings. The Morgan fingerprint density at radius 1 is 1.16 bits per heavy atom. The second-order valence-electron chi connectivity index (χ2n) is 10.0. The number of hydrogen-bond acceptors (Lipinski definition) is 7. The Balaban J connectivity index is 1.48. The minimum Gasteiger partial charge on any atom is -0.491 e. The van der Waals surface area contributed by atoms with Crippen LogP contribution in [-0.4, -0.2) is 32.9 Å². The third-order valence-electron chi connectivity index (χ3n) is 6.74. The standard InChI is InChI=1S/C29H33ClN4O3S/c1-18(2)36-23-14-9-11-20(16-23)26-25(27(35)37-22-12-5-4-6-13-22)19(3)31-28-32-29(33-34(26)28)38-17-21-10-7-8-15-24(21)30/h7-11,14-16,18,22,26H,4-6,12-13,17H2,1-3H3,(H,31,32,33). The van der Waals surface area contributed by atoms with Gasteiger partial charge >= 0.3 is 5.97 Å². The third-order valence-corrected chi connectivity index (χ3v) is 7.99. The number of hydrogen-bond donors (Lipinski definition) is 1. The summed E-state index contributed by atoms with van der Waals surface area (Å²) in [4.78, 5) is 18.4. The summed E-state index contributed by atoms with van der Waals surface area (Å²) in [5.74, 6) is 1.64. The van der Waals surface area contributed by atoms with Crippen LogP contribution >= 0.6 is 23.4 Å². The first-order chi connectivity index (χ1) is 18.4. The first-order valence-electron chi connectivity index (χ1n) is 13.2. The first kappa shape index (κ1) is 26.6. The van der Waals surface area contributed by atoms with E-state index in [1.54, 1.807) is 4.68 Å². The molecule has 200 valence electrons. The first-order valence-corrected chi connectivity index (χ1v) is 14.5. The molecule has 0 spiro atoms. The molecule has 2 heterocycles. The zero-order chi connectivity index (χ0) is 26.6. The summed E-state index contributed by atoms with van der Waals surface area (Å²) >= 11 is 7.86. The van der Waals surface area contributed by atoms with Crippen molar-refractivity contribution in [1.82, 2.24) is 14.8 Å². The molecule has 1 atom stereocenters. The van der Waals surface area contributed by atoms with Crippen molar-refractivity contribution in [1.29, 1.82) is 0 Å². The Kier molecular flexibility index (Phi) is 8.29. The van der Waals surface area contributed by atoms with Gasteiger partial charge in [-0.25, -0.2) is 9.48 Å². The van der Waals surface area contributed by atoms with E-state index in [1.165, 1.54) is 18.2 Å². The molecule has 1 saturated carbocycles. The van der Waals surface area contributed by atoms with Gasteiger partial charge in [-0.2, -0.15) is 4.98 Å². The Labute approximate surface area is 233 Å². The number of thioether (sulfide) groups is 1. The number of benzene rings is 2. The summed E-state index contributed by atoms with van der Waals surface area (Å²) < 4.78 is 13.8. The van der Waals surface area contributed by atoms with Crippen molar-refractivity contribution < 1.29 is 14.3 Å². The number of aromatic nitrogens is 3. The normalized spacial score (nSPS) is 17.8. The summed E-state index contributed by atoms with van der Waals surface area (Å²) in [5, 5.41) is 9.45. The average Bonchev–Trinajstić information content (AvgIpc) is 3.30. The molecule has 0 radical (unpaired) electrons. The summed E-state index contributed by atoms with van der Waals surface area (Å²) in [7, 11) is 0. The number of halogens is 1. The van der Waals surface area contributed by atoms with E-state index in [0.717, 1.165) is 42.6 Å². The number of nitrogens with one attached hydrogen (secondary N) is 1. The molecule has 1 fully saturated rings. The minimum atomic E-state index is -0.500. The maximum atomic E-state index is 13.7. The second kappa shape index (κ2) is 11.8. The fourth-order valence-electron chi connectivity index (χ4n) is 4.95. The van der Waals surface area contributed by atoms with E-state index in [2.05, 4.69) is 5.32 Å². The molecule has 1 unspecified atom stereocenters. The monoisotopic (exact) mass is 552 g/mol. The summed E-state index contributed by atoms with van der Waals surface area (Å²) in [6, 6.07) is 15.1. The number of nitrogens with zero attached hydrogens (tertiary/aromatic N) is 3. The Hall–Kier alpha value is -2.97. The van der Waals surface area contributed by atoms with Crippen LogP contribution in [0.5, 0.6) is 5.75 Å². The number of fused-ring (bicyclic) bond motifs is 1. The average molecular weight is 553 g/mol. The molecule has 7 nitrogen and oxygen atoms in total. The number of ether oxygens (including phenoxy) is 2. The van der Waals surface area contributed by atoms with Crippen molar-refractivity contribution in [3.8, 4) is 5.75 Å². The number of esters is 1. The molecule has 3 aromatic rings. The van der Waals surface area contributed by atoms with Crippen molar-refractivity contribution in [2.45, 2.75) is 82.0 Å². The highest BCUT2D eigenvalue weighted by molar-refractivity contribution is 7.98. The van der Waals surface area contributed by atoms with Gasteiger partial charge in [0.15, 0.2) is 0 Å². The third kappa shape index (κ3) is 6.02. The van der Waals surface area contributed by atoms with E-state index >= 15 is 0 Å². The van der Waals surface area contributed by atoms with Crippen LogP contribution in [0.3, 0.4) is 0 Å². The van der Waals surface area contributed by atoms with Crippen molar-refractivity contribution in [2.75, 3.05) is 5.32 Å². The van der Waals surface area contributed by atoms with Gasteiger partial charge in [0.05, 0.1) is 11.7 Å². The molecule has 0 bridgehead atoms. The van der Waals surface area contributed by atoms with Gasteiger partial charge in [-0.05, 0) is 75.8 Å². The number of allylic oxidation sites excluding steroid dienone is 1. The zero-order valence-corrected chi connectivity index (χ0v) is 23.5. The lowest BCUT2D eigenvalue weighted by Crippen LogP contribution is -2.32. The molecule has 9 heteroatoms. The molecule has 2 aromatic carbocycles. The van der Waals surface area contributed by atoms with Crippen molar-refractivity contribution in [2.24, 2.45) is 0 Å². The van der Waals surface area contributed by atoms with E-state index in [4.69, 9.17) is 31.2 Å². The van der Waals surface area contributed by atoms with E-state index in [0.29, 0.717) is 33.2 Å². The zero-order valence-electron chi connectivity index (χ0n) is 21.9.